The van der Waals surface area contributed by atoms with Crippen LogP contribution in [0.15, 0.2) is 0 Å². The van der Waals surface area contributed by atoms with Crippen LogP contribution in [-0.2, 0) is 25.8 Å². The minimum absolute atomic E-state index is 0.765. The first kappa shape index (κ1) is 10.7. The van der Waals surface area contributed by atoms with Gasteiger partial charge in [0.25, 0.3) is 0 Å². The van der Waals surface area contributed by atoms with Gasteiger partial charge in [-0.05, 0) is 45.6 Å². The first-order valence-corrected chi connectivity index (χ1v) is 6.14. The van der Waals surface area contributed by atoms with E-state index in [1.54, 1.807) is 0 Å². The number of fused-ring (bicyclic) bond motifs is 1. The van der Waals surface area contributed by atoms with E-state index in [0.29, 0.717) is 0 Å². The lowest BCUT2D eigenvalue weighted by molar-refractivity contribution is 0.604. The van der Waals surface area contributed by atoms with Gasteiger partial charge in [0.1, 0.15) is 5.82 Å². The second kappa shape index (κ2) is 4.79. The molecule has 0 unspecified atom stereocenters. The zero-order chi connectivity index (χ0) is 10.7. The van der Waals surface area contributed by atoms with Crippen LogP contribution < -0.4 is 5.73 Å². The van der Waals surface area contributed by atoms with Crippen molar-refractivity contribution >= 4 is 0 Å². The molecule has 15 heavy (non-hydrogen) atoms. The molecular formula is C12H21N3. The third kappa shape index (κ3) is 2.07. The summed E-state index contributed by atoms with van der Waals surface area (Å²) in [6.45, 7) is 4.03. The molecule has 0 amide bonds. The lowest BCUT2D eigenvalue weighted by Crippen LogP contribution is -2.10. The predicted octanol–water partition coefficient (Wildman–Crippen LogP) is 1.67. The van der Waals surface area contributed by atoms with E-state index in [1.165, 1.54) is 42.9 Å². The Hall–Kier alpha value is -0.830. The first-order valence-electron chi connectivity index (χ1n) is 6.14. The molecule has 3 nitrogen and oxygen atoms in total. The lowest BCUT2D eigenvalue weighted by Gasteiger charge is -2.13. The molecule has 84 valence electrons. The van der Waals surface area contributed by atoms with Gasteiger partial charge in [0.15, 0.2) is 0 Å². The number of aryl methyl sites for hydroxylation is 2. The molecule has 2 N–H and O–H groups in total. The van der Waals surface area contributed by atoms with Crippen molar-refractivity contribution in [1.29, 1.82) is 0 Å². The van der Waals surface area contributed by atoms with Gasteiger partial charge < -0.3 is 10.3 Å². The molecule has 3 heteroatoms. The second-order valence-corrected chi connectivity index (χ2v) is 4.27. The van der Waals surface area contributed by atoms with Gasteiger partial charge in [-0.2, -0.15) is 0 Å². The molecule has 1 heterocycles. The monoisotopic (exact) mass is 207 g/mol. The number of nitrogens with zero attached hydrogens (tertiary/aromatic N) is 2. The van der Waals surface area contributed by atoms with Gasteiger partial charge in [-0.3, -0.25) is 0 Å². The SMILES string of the molecule is CCn1c(CCCN)nc2c1CCCC2. The van der Waals surface area contributed by atoms with E-state index in [9.17, 15) is 0 Å². The van der Waals surface area contributed by atoms with E-state index in [4.69, 9.17) is 10.7 Å². The van der Waals surface area contributed by atoms with Crippen LogP contribution in [0.4, 0.5) is 0 Å². The molecule has 0 aliphatic heterocycles. The largest absolute Gasteiger partial charge is 0.332 e. The Morgan fingerprint density at radius 1 is 1.33 bits per heavy atom. The molecule has 0 radical (unpaired) electrons. The van der Waals surface area contributed by atoms with Gasteiger partial charge >= 0.3 is 0 Å². The van der Waals surface area contributed by atoms with Crippen molar-refractivity contribution < 1.29 is 0 Å². The Balaban J connectivity index is 2.25. The highest BCUT2D eigenvalue weighted by molar-refractivity contribution is 5.20. The van der Waals surface area contributed by atoms with Crippen LogP contribution in [-0.4, -0.2) is 16.1 Å². The van der Waals surface area contributed by atoms with Gasteiger partial charge in [-0.1, -0.05) is 0 Å². The van der Waals surface area contributed by atoms with Gasteiger partial charge in [-0.15, -0.1) is 0 Å². The van der Waals surface area contributed by atoms with Gasteiger partial charge in [0, 0.05) is 18.7 Å². The van der Waals surface area contributed by atoms with E-state index in [0.717, 1.165) is 25.9 Å². The Morgan fingerprint density at radius 2 is 2.13 bits per heavy atom. The van der Waals surface area contributed by atoms with Crippen molar-refractivity contribution in [1.82, 2.24) is 9.55 Å². The maximum atomic E-state index is 5.55. The average molecular weight is 207 g/mol. The number of hydrogen-bond acceptors (Lipinski definition) is 2. The summed E-state index contributed by atoms with van der Waals surface area (Å²) in [5.41, 5.74) is 8.41. The Bertz CT molecular complexity index is 328. The Kier molecular flexibility index (Phi) is 3.41. The predicted molar refractivity (Wildman–Crippen MR) is 61.9 cm³/mol. The van der Waals surface area contributed by atoms with Crippen LogP contribution in [0.25, 0.3) is 0 Å². The normalized spacial score (nSPS) is 15.3. The van der Waals surface area contributed by atoms with E-state index in [1.807, 2.05) is 0 Å². The van der Waals surface area contributed by atoms with Crippen molar-refractivity contribution in [2.24, 2.45) is 5.73 Å². The fourth-order valence-electron chi connectivity index (χ4n) is 2.48. The number of rotatable bonds is 4. The number of nitrogens with two attached hydrogens (primary N) is 1. The molecular weight excluding hydrogens is 186 g/mol. The van der Waals surface area contributed by atoms with Crippen molar-refractivity contribution in [2.45, 2.75) is 52.0 Å². The van der Waals surface area contributed by atoms with Gasteiger partial charge in [0.2, 0.25) is 0 Å². The lowest BCUT2D eigenvalue weighted by atomic mass is 10.0. The van der Waals surface area contributed by atoms with Crippen molar-refractivity contribution in [3.63, 3.8) is 0 Å². The molecule has 0 spiro atoms. The summed E-state index contributed by atoms with van der Waals surface area (Å²) in [4.78, 5) is 4.77. The molecule has 1 aromatic heterocycles. The zero-order valence-electron chi connectivity index (χ0n) is 9.63. The molecule has 1 aliphatic carbocycles. The third-order valence-corrected chi connectivity index (χ3v) is 3.23. The standard InChI is InChI=1S/C12H21N3/c1-2-15-11-7-4-3-6-10(11)14-12(15)8-5-9-13/h2-9,13H2,1H3. The molecule has 0 atom stereocenters. The quantitative estimate of drug-likeness (QED) is 0.816. The molecule has 0 saturated carbocycles. The third-order valence-electron chi connectivity index (χ3n) is 3.23. The highest BCUT2D eigenvalue weighted by Gasteiger charge is 2.18. The second-order valence-electron chi connectivity index (χ2n) is 4.27. The summed E-state index contributed by atoms with van der Waals surface area (Å²) in [5.74, 6) is 1.26. The van der Waals surface area contributed by atoms with Crippen LogP contribution in [0.5, 0.6) is 0 Å². The van der Waals surface area contributed by atoms with E-state index < -0.39 is 0 Å². The van der Waals surface area contributed by atoms with Gasteiger partial charge in [-0.25, -0.2) is 4.98 Å². The average Bonchev–Trinajstić information content (AvgIpc) is 2.63. The Morgan fingerprint density at radius 3 is 2.87 bits per heavy atom. The number of imidazole rings is 1. The smallest absolute Gasteiger partial charge is 0.109 e. The fraction of sp³-hybridized carbons (Fsp3) is 0.750. The summed E-state index contributed by atoms with van der Waals surface area (Å²) < 4.78 is 2.41. The highest BCUT2D eigenvalue weighted by Crippen LogP contribution is 2.22. The number of aromatic nitrogens is 2. The Labute approximate surface area is 91.7 Å². The van der Waals surface area contributed by atoms with Crippen LogP contribution in [0.2, 0.25) is 0 Å². The van der Waals surface area contributed by atoms with E-state index >= 15 is 0 Å². The molecule has 2 rings (SSSR count). The maximum Gasteiger partial charge on any atom is 0.109 e. The molecule has 0 bridgehead atoms. The van der Waals surface area contributed by atoms with Gasteiger partial charge in [0.05, 0.1) is 5.69 Å². The van der Waals surface area contributed by atoms with Crippen molar-refractivity contribution in [2.75, 3.05) is 6.54 Å². The summed E-state index contributed by atoms with van der Waals surface area (Å²) in [5, 5.41) is 0. The summed E-state index contributed by atoms with van der Waals surface area (Å²) >= 11 is 0. The first-order chi connectivity index (χ1) is 7.36. The minimum atomic E-state index is 0.765. The fourth-order valence-corrected chi connectivity index (χ4v) is 2.48. The summed E-state index contributed by atoms with van der Waals surface area (Å²) in [6.07, 6.45) is 7.13. The highest BCUT2D eigenvalue weighted by atomic mass is 15.1. The molecule has 0 fully saturated rings. The van der Waals surface area contributed by atoms with Crippen molar-refractivity contribution in [3.8, 4) is 0 Å². The van der Waals surface area contributed by atoms with Crippen LogP contribution in [0, 0.1) is 0 Å². The topological polar surface area (TPSA) is 43.8 Å². The summed E-state index contributed by atoms with van der Waals surface area (Å²) in [6, 6.07) is 0. The zero-order valence-corrected chi connectivity index (χ0v) is 9.63. The molecule has 0 saturated heterocycles. The van der Waals surface area contributed by atoms with Crippen LogP contribution in [0.1, 0.15) is 43.4 Å². The van der Waals surface area contributed by atoms with Crippen LogP contribution in [0.3, 0.4) is 0 Å². The van der Waals surface area contributed by atoms with Crippen molar-refractivity contribution in [3.05, 3.63) is 17.2 Å². The maximum absolute atomic E-state index is 5.55. The summed E-state index contributed by atoms with van der Waals surface area (Å²) in [7, 11) is 0. The van der Waals surface area contributed by atoms with E-state index in [-0.39, 0.29) is 0 Å². The van der Waals surface area contributed by atoms with E-state index in [2.05, 4.69) is 11.5 Å². The number of hydrogen-bond donors (Lipinski definition) is 1. The molecule has 1 aliphatic rings. The molecule has 0 aromatic carbocycles. The minimum Gasteiger partial charge on any atom is -0.332 e. The van der Waals surface area contributed by atoms with Crippen LogP contribution >= 0.6 is 0 Å². The molecule has 1 aromatic rings.